The number of fused-ring (bicyclic) bond motifs is 1. The molecule has 11 nitrogen and oxygen atoms in total. The van der Waals surface area contributed by atoms with Gasteiger partial charge in [0, 0.05) is 18.1 Å². The SMILES string of the molecule is CCCSc1nc(N(O)[C@@H]2C[C@H]2c2ccc(F)c(F)c2)c2nnn([C@@H]3C[C@H](OCCO)[C@@H](O)[C@H]3O)c2n1. The molecule has 37 heavy (non-hydrogen) atoms. The van der Waals surface area contributed by atoms with Crippen molar-refractivity contribution in [3.63, 3.8) is 0 Å². The van der Waals surface area contributed by atoms with Crippen LogP contribution in [-0.4, -0.2) is 88.8 Å². The van der Waals surface area contributed by atoms with Gasteiger partial charge in [-0.1, -0.05) is 30.0 Å². The topological polar surface area (TPSA) is 150 Å². The number of aliphatic hydroxyl groups is 3. The number of thioether (sulfide) groups is 1. The van der Waals surface area contributed by atoms with E-state index < -0.39 is 42.0 Å². The fourth-order valence-electron chi connectivity index (χ4n) is 4.73. The van der Waals surface area contributed by atoms with Crippen LogP contribution in [0.5, 0.6) is 0 Å². The highest BCUT2D eigenvalue weighted by Crippen LogP contribution is 2.46. The molecule has 0 spiro atoms. The number of hydrogen-bond acceptors (Lipinski definition) is 11. The lowest BCUT2D eigenvalue weighted by molar-refractivity contribution is -0.0629. The first-order chi connectivity index (χ1) is 17.8. The molecule has 0 unspecified atom stereocenters. The molecule has 2 aliphatic carbocycles. The lowest BCUT2D eigenvalue weighted by Gasteiger charge is -2.18. The molecule has 2 aromatic heterocycles. The average Bonchev–Trinajstić information content (AvgIpc) is 3.51. The molecule has 3 aromatic rings. The Balaban J connectivity index is 1.47. The van der Waals surface area contributed by atoms with E-state index in [9.17, 15) is 24.2 Å². The van der Waals surface area contributed by atoms with E-state index in [0.717, 1.165) is 29.4 Å². The van der Waals surface area contributed by atoms with Crippen LogP contribution in [0.4, 0.5) is 14.6 Å². The second-order valence-electron chi connectivity index (χ2n) is 9.23. The van der Waals surface area contributed by atoms with Crippen molar-refractivity contribution >= 4 is 28.7 Å². The maximum Gasteiger partial charge on any atom is 0.191 e. The molecule has 14 heteroatoms. The van der Waals surface area contributed by atoms with Crippen molar-refractivity contribution in [3.05, 3.63) is 35.4 Å². The molecule has 4 N–H and O–H groups in total. The van der Waals surface area contributed by atoms with Gasteiger partial charge in [0.15, 0.2) is 33.8 Å². The zero-order valence-electron chi connectivity index (χ0n) is 20.0. The van der Waals surface area contributed by atoms with Gasteiger partial charge in [-0.3, -0.25) is 5.21 Å². The number of benzene rings is 1. The molecule has 2 fully saturated rings. The molecule has 0 bridgehead atoms. The van der Waals surface area contributed by atoms with Crippen LogP contribution in [0, 0.1) is 11.6 Å². The number of aliphatic hydroxyl groups excluding tert-OH is 3. The summed E-state index contributed by atoms with van der Waals surface area (Å²) < 4.78 is 34.0. The van der Waals surface area contributed by atoms with Gasteiger partial charge in [-0.05, 0) is 30.5 Å². The standard InChI is InChI=1S/C23H28F2N6O5S/c1-2-7-37-23-26-21-18(28-29-30(21)16-10-17(36-6-5-32)20(34)19(16)33)22(27-23)31(35)15-9-12(15)11-3-4-13(24)14(25)8-11/h3-4,8,12,15-17,19-20,32-35H,2,5-7,9-10H2,1H3/t12-,15+,16+,17-,19-,20+/m0/s1. The van der Waals surface area contributed by atoms with Crippen LogP contribution in [0.25, 0.3) is 11.2 Å². The maximum atomic E-state index is 13.7. The molecule has 2 saturated carbocycles. The van der Waals surface area contributed by atoms with E-state index >= 15 is 0 Å². The molecule has 0 radical (unpaired) electrons. The highest BCUT2D eigenvalue weighted by Gasteiger charge is 2.47. The van der Waals surface area contributed by atoms with Crippen LogP contribution >= 0.6 is 11.8 Å². The van der Waals surface area contributed by atoms with Crippen LogP contribution < -0.4 is 5.06 Å². The summed E-state index contributed by atoms with van der Waals surface area (Å²) >= 11 is 1.38. The predicted molar refractivity (Wildman–Crippen MR) is 128 cm³/mol. The average molecular weight is 539 g/mol. The molecule has 5 rings (SSSR count). The van der Waals surface area contributed by atoms with Gasteiger partial charge in [0.2, 0.25) is 0 Å². The summed E-state index contributed by atoms with van der Waals surface area (Å²) in [6.07, 6.45) is -1.55. The summed E-state index contributed by atoms with van der Waals surface area (Å²) in [5, 5.41) is 51.0. The molecular formula is C23H28F2N6O5S. The van der Waals surface area contributed by atoms with E-state index in [1.54, 1.807) is 0 Å². The van der Waals surface area contributed by atoms with Gasteiger partial charge in [-0.15, -0.1) is 5.10 Å². The lowest BCUT2D eigenvalue weighted by atomic mass is 10.1. The van der Waals surface area contributed by atoms with Crippen LogP contribution in [0.3, 0.4) is 0 Å². The minimum Gasteiger partial charge on any atom is -0.394 e. The molecule has 0 amide bonds. The number of nitrogens with zero attached hydrogens (tertiary/aromatic N) is 6. The number of ether oxygens (including phenoxy) is 1. The van der Waals surface area contributed by atoms with Crippen molar-refractivity contribution in [2.45, 2.75) is 67.7 Å². The summed E-state index contributed by atoms with van der Waals surface area (Å²) in [6, 6.07) is 2.54. The smallest absolute Gasteiger partial charge is 0.191 e. The van der Waals surface area contributed by atoms with Crippen LogP contribution in [-0.2, 0) is 4.74 Å². The van der Waals surface area contributed by atoms with Crippen LogP contribution in [0.1, 0.15) is 43.7 Å². The van der Waals surface area contributed by atoms with Crippen molar-refractivity contribution in [2.24, 2.45) is 0 Å². The third-order valence-corrected chi connectivity index (χ3v) is 7.77. The first-order valence-electron chi connectivity index (χ1n) is 12.1. The highest BCUT2D eigenvalue weighted by molar-refractivity contribution is 7.99. The quantitative estimate of drug-likeness (QED) is 0.170. The monoisotopic (exact) mass is 538 g/mol. The fraction of sp³-hybridized carbons (Fsp3) is 0.565. The Bertz CT molecular complexity index is 1270. The predicted octanol–water partition coefficient (Wildman–Crippen LogP) is 1.80. The van der Waals surface area contributed by atoms with Crippen molar-refractivity contribution < 1.29 is 34.0 Å². The van der Waals surface area contributed by atoms with E-state index in [2.05, 4.69) is 20.3 Å². The van der Waals surface area contributed by atoms with Crippen molar-refractivity contribution in [1.82, 2.24) is 25.0 Å². The number of halogens is 2. The second kappa shape index (κ2) is 10.7. The minimum absolute atomic E-state index is 0.0172. The Morgan fingerprint density at radius 3 is 2.70 bits per heavy atom. The van der Waals surface area contributed by atoms with E-state index in [1.807, 2.05) is 6.92 Å². The van der Waals surface area contributed by atoms with Gasteiger partial charge in [0.05, 0.1) is 31.4 Å². The first kappa shape index (κ1) is 26.1. The van der Waals surface area contributed by atoms with Gasteiger partial charge in [-0.25, -0.2) is 28.5 Å². The lowest BCUT2D eigenvalue weighted by Crippen LogP contribution is -2.33. The molecule has 6 atom stereocenters. The minimum atomic E-state index is -1.22. The van der Waals surface area contributed by atoms with Gasteiger partial charge in [-0.2, -0.15) is 0 Å². The summed E-state index contributed by atoms with van der Waals surface area (Å²) in [5.41, 5.74) is 1.03. The van der Waals surface area contributed by atoms with Crippen molar-refractivity contribution in [1.29, 1.82) is 0 Å². The van der Waals surface area contributed by atoms with E-state index in [0.29, 0.717) is 17.1 Å². The third-order valence-electron chi connectivity index (χ3n) is 6.72. The highest BCUT2D eigenvalue weighted by atomic mass is 32.2. The molecule has 2 aliphatic rings. The number of rotatable bonds is 10. The fourth-order valence-corrected chi connectivity index (χ4v) is 5.42. The Labute approximate surface area is 215 Å². The largest absolute Gasteiger partial charge is 0.394 e. The van der Waals surface area contributed by atoms with Crippen molar-refractivity contribution in [2.75, 3.05) is 24.0 Å². The zero-order chi connectivity index (χ0) is 26.3. The summed E-state index contributed by atoms with van der Waals surface area (Å²) in [5.74, 6) is -1.27. The number of hydrogen-bond donors (Lipinski definition) is 4. The zero-order valence-corrected chi connectivity index (χ0v) is 20.8. The summed E-state index contributed by atoms with van der Waals surface area (Å²) in [4.78, 5) is 9.07. The summed E-state index contributed by atoms with van der Waals surface area (Å²) in [6.45, 7) is 1.81. The third kappa shape index (κ3) is 5.01. The van der Waals surface area contributed by atoms with Gasteiger partial charge < -0.3 is 20.1 Å². The van der Waals surface area contributed by atoms with Gasteiger partial charge in [0.25, 0.3) is 0 Å². The number of hydroxylamine groups is 1. The molecular weight excluding hydrogens is 510 g/mol. The normalized spacial score (nSPS) is 27.2. The first-order valence-corrected chi connectivity index (χ1v) is 13.1. The summed E-state index contributed by atoms with van der Waals surface area (Å²) in [7, 11) is 0. The Morgan fingerprint density at radius 1 is 1.16 bits per heavy atom. The molecule has 1 aromatic carbocycles. The molecule has 0 saturated heterocycles. The number of anilines is 1. The Morgan fingerprint density at radius 2 is 1.97 bits per heavy atom. The molecule has 0 aliphatic heterocycles. The van der Waals surface area contributed by atoms with E-state index in [4.69, 9.17) is 9.84 Å². The molecule has 200 valence electrons. The van der Waals surface area contributed by atoms with Gasteiger partial charge in [0.1, 0.15) is 12.2 Å². The Hall–Kier alpha value is -2.49. The molecule has 2 heterocycles. The number of aromatic nitrogens is 5. The van der Waals surface area contributed by atoms with E-state index in [-0.39, 0.29) is 42.5 Å². The second-order valence-corrected chi connectivity index (χ2v) is 10.3. The Kier molecular flexibility index (Phi) is 7.56. The van der Waals surface area contributed by atoms with Crippen LogP contribution in [0.2, 0.25) is 0 Å². The van der Waals surface area contributed by atoms with Crippen LogP contribution in [0.15, 0.2) is 23.4 Å². The van der Waals surface area contributed by atoms with Crippen molar-refractivity contribution in [3.8, 4) is 0 Å². The maximum absolute atomic E-state index is 13.7. The van der Waals surface area contributed by atoms with E-state index in [1.165, 1.54) is 22.5 Å². The van der Waals surface area contributed by atoms with Gasteiger partial charge >= 0.3 is 0 Å².